The van der Waals surface area contributed by atoms with Crippen LogP contribution in [0.1, 0.15) is 37.1 Å². The van der Waals surface area contributed by atoms with E-state index in [1.165, 1.54) is 6.42 Å². The maximum Gasteiger partial charge on any atom is 0.237 e. The Bertz CT molecular complexity index is 352. The van der Waals surface area contributed by atoms with E-state index in [2.05, 4.69) is 22.5 Å². The maximum atomic E-state index is 11.9. The van der Waals surface area contributed by atoms with Crippen LogP contribution in [0.5, 0.6) is 0 Å². The summed E-state index contributed by atoms with van der Waals surface area (Å²) in [5.41, 5.74) is 0. The van der Waals surface area contributed by atoms with Crippen LogP contribution in [0.3, 0.4) is 0 Å². The number of thiazole rings is 1. The van der Waals surface area contributed by atoms with E-state index in [1.807, 2.05) is 5.38 Å². The fraction of sp³-hybridized carbons (Fsp3) is 0.667. The van der Waals surface area contributed by atoms with Crippen molar-refractivity contribution in [1.29, 1.82) is 0 Å². The molecule has 4 nitrogen and oxygen atoms in total. The van der Waals surface area contributed by atoms with Gasteiger partial charge in [0, 0.05) is 24.0 Å². The van der Waals surface area contributed by atoms with Gasteiger partial charge in [-0.1, -0.05) is 13.3 Å². The Morgan fingerprint density at radius 1 is 1.67 bits per heavy atom. The zero-order valence-corrected chi connectivity index (χ0v) is 12.1. The number of carbonyl (C=O) groups is 1. The second kappa shape index (κ2) is 7.71. The number of halogens is 1. The van der Waals surface area contributed by atoms with Crippen molar-refractivity contribution in [2.24, 2.45) is 0 Å². The van der Waals surface area contributed by atoms with Gasteiger partial charge in [-0.3, -0.25) is 4.79 Å². The Morgan fingerprint density at radius 2 is 2.50 bits per heavy atom. The van der Waals surface area contributed by atoms with Crippen molar-refractivity contribution in [2.45, 2.75) is 38.1 Å². The largest absolute Gasteiger partial charge is 0.354 e. The summed E-state index contributed by atoms with van der Waals surface area (Å²) in [5.74, 6) is 0.427. The molecule has 2 heterocycles. The lowest BCUT2D eigenvalue weighted by atomic mass is 10.0. The first-order valence-electron chi connectivity index (χ1n) is 6.18. The zero-order valence-electron chi connectivity index (χ0n) is 10.5. The summed E-state index contributed by atoms with van der Waals surface area (Å²) in [4.78, 5) is 16.1. The van der Waals surface area contributed by atoms with E-state index in [9.17, 15) is 4.79 Å². The van der Waals surface area contributed by atoms with E-state index in [-0.39, 0.29) is 24.4 Å². The van der Waals surface area contributed by atoms with Gasteiger partial charge in [0.05, 0.1) is 11.0 Å². The molecule has 1 aliphatic rings. The predicted molar refractivity (Wildman–Crippen MR) is 76.4 cm³/mol. The number of hydrogen-bond acceptors (Lipinski definition) is 4. The Labute approximate surface area is 118 Å². The van der Waals surface area contributed by atoms with Gasteiger partial charge in [-0.25, -0.2) is 4.98 Å². The highest BCUT2D eigenvalue weighted by Crippen LogP contribution is 2.16. The SMILES string of the molecule is CC(CNC(=O)[C@H]1CCCCN1)c1nccs1.Cl. The van der Waals surface area contributed by atoms with Gasteiger partial charge in [0.25, 0.3) is 0 Å². The molecule has 0 aliphatic carbocycles. The molecular formula is C12H20ClN3OS. The fourth-order valence-electron chi connectivity index (χ4n) is 2.02. The smallest absolute Gasteiger partial charge is 0.237 e. The van der Waals surface area contributed by atoms with Gasteiger partial charge in [0.2, 0.25) is 5.91 Å². The molecule has 18 heavy (non-hydrogen) atoms. The third kappa shape index (κ3) is 4.23. The van der Waals surface area contributed by atoms with Gasteiger partial charge in [-0.15, -0.1) is 23.7 Å². The minimum atomic E-state index is 0. The van der Waals surface area contributed by atoms with Crippen LogP contribution in [0.2, 0.25) is 0 Å². The van der Waals surface area contributed by atoms with Crippen molar-refractivity contribution in [2.75, 3.05) is 13.1 Å². The molecule has 1 saturated heterocycles. The monoisotopic (exact) mass is 289 g/mol. The Balaban J connectivity index is 0.00000162. The van der Waals surface area contributed by atoms with Crippen molar-refractivity contribution in [1.82, 2.24) is 15.6 Å². The van der Waals surface area contributed by atoms with Crippen LogP contribution < -0.4 is 10.6 Å². The normalized spacial score (nSPS) is 20.8. The topological polar surface area (TPSA) is 54.0 Å². The van der Waals surface area contributed by atoms with Gasteiger partial charge in [-0.05, 0) is 19.4 Å². The summed E-state index contributed by atoms with van der Waals surface area (Å²) in [7, 11) is 0. The summed E-state index contributed by atoms with van der Waals surface area (Å²) in [6, 6.07) is 0.00671. The zero-order chi connectivity index (χ0) is 12.1. The van der Waals surface area contributed by atoms with Crippen LogP contribution in [0, 0.1) is 0 Å². The average molecular weight is 290 g/mol. The number of aromatic nitrogens is 1. The van der Waals surface area contributed by atoms with Crippen LogP contribution >= 0.6 is 23.7 Å². The molecule has 2 rings (SSSR count). The molecule has 0 aromatic carbocycles. The first-order valence-corrected chi connectivity index (χ1v) is 7.06. The van der Waals surface area contributed by atoms with Crippen molar-refractivity contribution < 1.29 is 4.79 Å². The summed E-state index contributed by atoms with van der Waals surface area (Å²) in [5, 5.41) is 9.31. The van der Waals surface area contributed by atoms with E-state index >= 15 is 0 Å². The maximum absolute atomic E-state index is 11.9. The molecule has 6 heteroatoms. The quantitative estimate of drug-likeness (QED) is 0.890. The highest BCUT2D eigenvalue weighted by atomic mass is 35.5. The molecule has 1 unspecified atom stereocenters. The second-order valence-corrected chi connectivity index (χ2v) is 5.45. The number of hydrogen-bond donors (Lipinski definition) is 2. The number of amides is 1. The molecule has 1 aromatic rings. The van der Waals surface area contributed by atoms with Crippen LogP contribution in [-0.2, 0) is 4.79 Å². The molecule has 2 N–H and O–H groups in total. The molecule has 0 bridgehead atoms. The van der Waals surface area contributed by atoms with E-state index < -0.39 is 0 Å². The average Bonchev–Trinajstić information content (AvgIpc) is 2.90. The molecule has 0 spiro atoms. The summed E-state index contributed by atoms with van der Waals surface area (Å²) in [6.45, 7) is 3.72. The first-order chi connectivity index (χ1) is 8.27. The minimum absolute atomic E-state index is 0. The van der Waals surface area contributed by atoms with Gasteiger partial charge in [-0.2, -0.15) is 0 Å². The van der Waals surface area contributed by atoms with Crippen LogP contribution in [0.25, 0.3) is 0 Å². The number of piperidine rings is 1. The summed E-state index contributed by atoms with van der Waals surface area (Å²) < 4.78 is 0. The highest BCUT2D eigenvalue weighted by Gasteiger charge is 2.20. The number of carbonyl (C=O) groups excluding carboxylic acids is 1. The molecule has 1 aliphatic heterocycles. The van der Waals surface area contributed by atoms with E-state index in [0.29, 0.717) is 12.5 Å². The van der Waals surface area contributed by atoms with Gasteiger partial charge < -0.3 is 10.6 Å². The predicted octanol–water partition coefficient (Wildman–Crippen LogP) is 1.93. The van der Waals surface area contributed by atoms with E-state index in [1.54, 1.807) is 17.5 Å². The van der Waals surface area contributed by atoms with Crippen molar-refractivity contribution in [3.05, 3.63) is 16.6 Å². The molecule has 0 saturated carbocycles. The van der Waals surface area contributed by atoms with Gasteiger partial charge in [0.1, 0.15) is 0 Å². The lowest BCUT2D eigenvalue weighted by Gasteiger charge is -2.23. The molecule has 0 radical (unpaired) electrons. The molecule has 1 fully saturated rings. The molecule has 1 aromatic heterocycles. The summed E-state index contributed by atoms with van der Waals surface area (Å²) >= 11 is 1.64. The lowest BCUT2D eigenvalue weighted by molar-refractivity contribution is -0.123. The van der Waals surface area contributed by atoms with E-state index in [0.717, 1.165) is 24.4 Å². The molecular weight excluding hydrogens is 270 g/mol. The standard InChI is InChI=1S/C12H19N3OS.ClH/c1-9(12-14-6-7-17-12)8-15-11(16)10-4-2-3-5-13-10;/h6-7,9-10,13H,2-5,8H2,1H3,(H,15,16);1H/t9?,10-;/m1./s1. The van der Waals surface area contributed by atoms with Crippen LogP contribution in [-0.4, -0.2) is 30.0 Å². The van der Waals surface area contributed by atoms with Crippen LogP contribution in [0.15, 0.2) is 11.6 Å². The van der Waals surface area contributed by atoms with Crippen molar-refractivity contribution >= 4 is 29.7 Å². The third-order valence-corrected chi connectivity index (χ3v) is 4.09. The van der Waals surface area contributed by atoms with Gasteiger partial charge in [0.15, 0.2) is 0 Å². The first kappa shape index (κ1) is 15.4. The highest BCUT2D eigenvalue weighted by molar-refractivity contribution is 7.09. The Morgan fingerprint density at radius 3 is 3.11 bits per heavy atom. The number of nitrogens with one attached hydrogen (secondary N) is 2. The minimum Gasteiger partial charge on any atom is -0.354 e. The van der Waals surface area contributed by atoms with Crippen LogP contribution in [0.4, 0.5) is 0 Å². The third-order valence-electron chi connectivity index (χ3n) is 3.08. The lowest BCUT2D eigenvalue weighted by Crippen LogP contribution is -2.47. The van der Waals surface area contributed by atoms with Crippen molar-refractivity contribution in [3.63, 3.8) is 0 Å². The summed E-state index contributed by atoms with van der Waals surface area (Å²) in [6.07, 6.45) is 5.09. The van der Waals surface area contributed by atoms with E-state index in [4.69, 9.17) is 0 Å². The fourth-order valence-corrected chi connectivity index (χ4v) is 2.72. The molecule has 102 valence electrons. The Hall–Kier alpha value is -0.650. The molecule has 1 amide bonds. The number of rotatable bonds is 4. The molecule has 2 atom stereocenters. The van der Waals surface area contributed by atoms with Gasteiger partial charge >= 0.3 is 0 Å². The van der Waals surface area contributed by atoms with Crippen molar-refractivity contribution in [3.8, 4) is 0 Å². The number of nitrogens with zero attached hydrogens (tertiary/aromatic N) is 1. The Kier molecular flexibility index (Phi) is 6.60. The second-order valence-electron chi connectivity index (χ2n) is 4.52.